The topological polar surface area (TPSA) is 41.6 Å². The summed E-state index contributed by atoms with van der Waals surface area (Å²) in [5, 5.41) is 0. The summed E-state index contributed by atoms with van der Waals surface area (Å²) in [6.45, 7) is 0. The lowest BCUT2D eigenvalue weighted by Gasteiger charge is -2.22. The van der Waals surface area contributed by atoms with Crippen LogP contribution in [0.25, 0.3) is 0 Å². The van der Waals surface area contributed by atoms with Gasteiger partial charge in [-0.25, -0.2) is 8.93 Å². The number of nitrogens with zero attached hydrogens (tertiary/aromatic N) is 1. The molecule has 1 atom stereocenters. The van der Waals surface area contributed by atoms with Crippen molar-refractivity contribution in [3.05, 3.63) is 30.3 Å². The second-order valence-electron chi connectivity index (χ2n) is 2.64. The molecule has 104 valence electrons. The first-order chi connectivity index (χ1) is 7.92. The number of halogens is 3. The van der Waals surface area contributed by atoms with Crippen LogP contribution in [-0.4, -0.2) is 15.2 Å². The normalized spacial score (nSPS) is 12.7. The van der Waals surface area contributed by atoms with E-state index in [4.69, 9.17) is 27.5 Å². The Labute approximate surface area is 123 Å². The smallest absolute Gasteiger partial charge is 0.216 e. The summed E-state index contributed by atoms with van der Waals surface area (Å²) in [6, 6.07) is 8.43. The predicted molar refractivity (Wildman–Crippen MR) is 77.1 cm³/mol. The van der Waals surface area contributed by atoms with Gasteiger partial charge in [-0.05, 0) is 19.2 Å². The third kappa shape index (κ3) is 6.77. The van der Waals surface area contributed by atoms with Gasteiger partial charge in [-0.15, -0.1) is 4.28 Å². The van der Waals surface area contributed by atoms with Crippen molar-refractivity contribution in [3.63, 3.8) is 0 Å². The van der Waals surface area contributed by atoms with E-state index in [2.05, 4.69) is 4.72 Å². The molecular weight excluding hydrogens is 322 g/mol. The number of rotatable bonds is 6. The molecule has 1 N–H and O–H groups in total. The molecule has 1 rings (SSSR count). The highest BCUT2D eigenvalue weighted by Gasteiger charge is 2.30. The highest BCUT2D eigenvalue weighted by Crippen LogP contribution is 2.40. The third-order valence-corrected chi connectivity index (χ3v) is 3.24. The lowest BCUT2D eigenvalue weighted by Crippen LogP contribution is -2.26. The van der Waals surface area contributed by atoms with Gasteiger partial charge in [0.15, 0.2) is 0 Å². The van der Waals surface area contributed by atoms with Gasteiger partial charge in [-0.2, -0.15) is 8.86 Å². The van der Waals surface area contributed by atoms with E-state index >= 15 is 0 Å². The van der Waals surface area contributed by atoms with Crippen LogP contribution in [0.15, 0.2) is 30.3 Å². The zero-order chi connectivity index (χ0) is 12.9. The van der Waals surface area contributed by atoms with E-state index in [-0.39, 0.29) is 7.43 Å². The second kappa shape index (κ2) is 8.19. The average Bonchev–Trinajstić information content (AvgIpc) is 2.27. The Morgan fingerprint density at radius 1 is 1.44 bits per heavy atom. The number of alkyl halides is 3. The molecule has 4 nitrogen and oxygen atoms in total. The fourth-order valence-corrected chi connectivity index (χ4v) is 2.22. The van der Waals surface area contributed by atoms with Gasteiger partial charge in [0, 0.05) is 0 Å². The van der Waals surface area contributed by atoms with E-state index < -0.39 is 15.2 Å². The first kappa shape index (κ1) is 17.9. The van der Waals surface area contributed by atoms with Crippen molar-refractivity contribution < 1.29 is 12.9 Å². The maximum atomic E-state index is 13.1. The predicted octanol–water partition coefficient (Wildman–Crippen LogP) is 3.57. The fourth-order valence-electron chi connectivity index (χ4n) is 0.853. The molecule has 0 amide bonds. The van der Waals surface area contributed by atoms with Gasteiger partial charge in [0.1, 0.15) is 0 Å². The van der Waals surface area contributed by atoms with Gasteiger partial charge in [-0.3, -0.25) is 0 Å². The van der Waals surface area contributed by atoms with Gasteiger partial charge in [-0.1, -0.05) is 48.8 Å². The minimum atomic E-state index is -2.59. The van der Waals surface area contributed by atoms with Crippen LogP contribution in [0.4, 0.5) is 10.1 Å². The summed E-state index contributed by atoms with van der Waals surface area (Å²) in [5.74, 6) is 0. The Balaban J connectivity index is 0.00000289. The molecule has 0 aliphatic carbocycles. The summed E-state index contributed by atoms with van der Waals surface area (Å²) in [7, 11) is 1.42. The second-order valence-corrected chi connectivity index (χ2v) is 6.43. The van der Waals surface area contributed by atoms with Crippen LogP contribution in [0.1, 0.15) is 7.43 Å². The molecule has 0 radical (unpaired) electrons. The fraction of sp³-hybridized carbons (Fsp3) is 0.333. The van der Waals surface area contributed by atoms with Gasteiger partial charge >= 0.3 is 3.92 Å². The van der Waals surface area contributed by atoms with Gasteiger partial charge < -0.3 is 0 Å². The zero-order valence-electron chi connectivity index (χ0n) is 8.60. The Hall–Kier alpha value is -0.0500. The number of hydrogen-bond donors (Lipinski definition) is 1. The molecule has 0 bridgehead atoms. The quantitative estimate of drug-likeness (QED) is 0.490. The Morgan fingerprint density at radius 2 is 2.00 bits per heavy atom. The zero-order valence-corrected chi connectivity index (χ0v) is 11.7. The standard InChI is InChI=1S/C8H9Cl2FN2O2S2.CH4/c1-12-17(14)15-13(16-8(9,10)11)7-5-3-2-4-6-7;/h2-6,12H,1H3;1H4. The molecule has 0 aliphatic heterocycles. The van der Waals surface area contributed by atoms with Crippen LogP contribution in [0.3, 0.4) is 0 Å². The molecule has 0 saturated carbocycles. The van der Waals surface area contributed by atoms with E-state index in [0.717, 1.165) is 4.47 Å². The Kier molecular flexibility index (Phi) is 8.16. The number of para-hydroxylation sites is 1. The number of anilines is 1. The van der Waals surface area contributed by atoms with Crippen molar-refractivity contribution >= 4 is 52.1 Å². The van der Waals surface area contributed by atoms with Crippen molar-refractivity contribution in [3.8, 4) is 0 Å². The molecule has 1 unspecified atom stereocenters. The average molecular weight is 335 g/mol. The van der Waals surface area contributed by atoms with Crippen LogP contribution >= 0.6 is 35.1 Å². The monoisotopic (exact) mass is 334 g/mol. The molecule has 18 heavy (non-hydrogen) atoms. The molecule has 0 aromatic heterocycles. The largest absolute Gasteiger partial charge is 0.325 e. The van der Waals surface area contributed by atoms with Crippen LogP contribution < -0.4 is 9.19 Å². The first-order valence-corrected chi connectivity index (χ1v) is 6.91. The molecule has 1 aromatic rings. The lowest BCUT2D eigenvalue weighted by molar-refractivity contribution is 0.375. The maximum Gasteiger partial charge on any atom is 0.325 e. The molecular formula is C9H13Cl2FN2O2S2. The van der Waals surface area contributed by atoms with Crippen LogP contribution in [0.5, 0.6) is 0 Å². The number of benzene rings is 1. The summed E-state index contributed by atoms with van der Waals surface area (Å²) in [6.07, 6.45) is 0. The van der Waals surface area contributed by atoms with Crippen LogP contribution in [0.2, 0.25) is 0 Å². The van der Waals surface area contributed by atoms with E-state index in [1.54, 1.807) is 30.3 Å². The van der Waals surface area contributed by atoms with Gasteiger partial charge in [0.2, 0.25) is 0 Å². The van der Waals surface area contributed by atoms with E-state index in [1.165, 1.54) is 7.05 Å². The Morgan fingerprint density at radius 3 is 2.44 bits per heavy atom. The maximum absolute atomic E-state index is 13.1. The van der Waals surface area contributed by atoms with Crippen molar-refractivity contribution in [2.75, 3.05) is 11.5 Å². The third-order valence-electron chi connectivity index (χ3n) is 1.46. The summed E-state index contributed by atoms with van der Waals surface area (Å²) >= 11 is 8.97. The van der Waals surface area contributed by atoms with Crippen LogP contribution in [0, 0.1) is 0 Å². The molecule has 9 heteroatoms. The van der Waals surface area contributed by atoms with E-state index in [9.17, 15) is 8.60 Å². The van der Waals surface area contributed by atoms with E-state index in [1.807, 2.05) is 0 Å². The van der Waals surface area contributed by atoms with Crippen molar-refractivity contribution in [1.82, 2.24) is 4.72 Å². The molecule has 0 aliphatic rings. The molecule has 0 spiro atoms. The molecule has 0 saturated heterocycles. The highest BCUT2D eigenvalue weighted by molar-refractivity contribution is 8.04. The van der Waals surface area contributed by atoms with Gasteiger partial charge in [0.05, 0.1) is 17.6 Å². The summed E-state index contributed by atoms with van der Waals surface area (Å²) < 4.78 is 29.9. The van der Waals surface area contributed by atoms with Crippen molar-refractivity contribution in [1.29, 1.82) is 0 Å². The minimum Gasteiger partial charge on any atom is -0.216 e. The first-order valence-electron chi connectivity index (χ1n) is 4.31. The number of nitrogens with one attached hydrogen (secondary N) is 1. The molecule has 0 fully saturated rings. The molecule has 0 heterocycles. The number of hydrogen-bond acceptors (Lipinski definition) is 4. The Bertz CT molecular complexity index is 379. The van der Waals surface area contributed by atoms with Crippen molar-refractivity contribution in [2.45, 2.75) is 11.3 Å². The van der Waals surface area contributed by atoms with Crippen molar-refractivity contribution in [2.24, 2.45) is 0 Å². The van der Waals surface area contributed by atoms with E-state index in [0.29, 0.717) is 17.6 Å². The highest BCUT2D eigenvalue weighted by atomic mass is 35.5. The minimum absolute atomic E-state index is 0. The SMILES string of the molecule is C.CNS(=O)ON(SC(F)(Cl)Cl)c1ccccc1. The van der Waals surface area contributed by atoms with Gasteiger partial charge in [0.25, 0.3) is 11.3 Å². The lowest BCUT2D eigenvalue weighted by atomic mass is 10.3. The molecule has 1 aromatic carbocycles. The van der Waals surface area contributed by atoms with Crippen LogP contribution in [-0.2, 0) is 15.6 Å². The summed E-state index contributed by atoms with van der Waals surface area (Å²) in [5.41, 5.74) is 0.449. The summed E-state index contributed by atoms with van der Waals surface area (Å²) in [4.78, 5) is 0.